The van der Waals surface area contributed by atoms with Crippen molar-refractivity contribution in [1.82, 2.24) is 0 Å². The number of esters is 1. The third-order valence-electron chi connectivity index (χ3n) is 7.69. The van der Waals surface area contributed by atoms with Crippen molar-refractivity contribution in [3.05, 3.63) is 148 Å². The maximum absolute atomic E-state index is 12.6. The molecule has 0 atom stereocenters. The van der Waals surface area contributed by atoms with Gasteiger partial charge in [0.25, 0.3) is 0 Å². The van der Waals surface area contributed by atoms with Crippen molar-refractivity contribution in [2.24, 2.45) is 0 Å². The van der Waals surface area contributed by atoms with Crippen LogP contribution in [-0.4, -0.2) is 12.6 Å². The van der Waals surface area contributed by atoms with Gasteiger partial charge in [0.2, 0.25) is 0 Å². The Balaban J connectivity index is 0.000000837. The Bertz CT molecular complexity index is 1170. The van der Waals surface area contributed by atoms with E-state index in [4.69, 9.17) is 9.47 Å². The minimum Gasteiger partial charge on any atom is -0.494 e. The summed E-state index contributed by atoms with van der Waals surface area (Å²) in [7, 11) is 0. The van der Waals surface area contributed by atoms with Crippen LogP contribution in [0.2, 0.25) is 0 Å². The van der Waals surface area contributed by atoms with Gasteiger partial charge in [-0.25, -0.2) is 4.79 Å². The molecule has 4 heteroatoms. The number of benzene rings is 3. The molecule has 2 aliphatic carbocycles. The molecular weight excluding hydrogens is 596 g/mol. The Kier molecular flexibility index (Phi) is 18.1. The second-order valence-electron chi connectivity index (χ2n) is 11.2. The first kappa shape index (κ1) is 36.9. The van der Waals surface area contributed by atoms with Crippen LogP contribution in [0.15, 0.2) is 72.8 Å². The summed E-state index contributed by atoms with van der Waals surface area (Å²) in [5, 5.41) is 0. The monoisotopic (exact) mass is 642 g/mol. The van der Waals surface area contributed by atoms with E-state index in [1.165, 1.54) is 57.8 Å². The van der Waals surface area contributed by atoms with E-state index in [1.807, 2.05) is 93.5 Å². The molecule has 3 aromatic carbocycles. The summed E-state index contributed by atoms with van der Waals surface area (Å²) >= 11 is 0. The number of carbonyl (C=O) groups excluding carboxylic acids is 1. The fraction of sp³-hybridized carbons (Fsp3) is 0.293. The largest absolute Gasteiger partial charge is 2.00 e. The van der Waals surface area contributed by atoms with Crippen LogP contribution in [0.25, 0.3) is 11.1 Å². The molecule has 0 saturated heterocycles. The Labute approximate surface area is 284 Å². The number of rotatable bonds is 16. The zero-order chi connectivity index (χ0) is 30.7. The van der Waals surface area contributed by atoms with E-state index in [-0.39, 0.29) is 23.0 Å². The van der Waals surface area contributed by atoms with Crippen LogP contribution >= 0.6 is 0 Å². The van der Waals surface area contributed by atoms with Crippen molar-refractivity contribution in [3.63, 3.8) is 0 Å². The van der Waals surface area contributed by atoms with Crippen LogP contribution in [0.4, 0.5) is 0 Å². The molecule has 3 aromatic rings. The summed E-state index contributed by atoms with van der Waals surface area (Å²) < 4.78 is 11.5. The van der Waals surface area contributed by atoms with Crippen LogP contribution in [0.1, 0.15) is 87.1 Å². The molecule has 45 heavy (non-hydrogen) atoms. The van der Waals surface area contributed by atoms with Gasteiger partial charge in [-0.3, -0.25) is 0 Å². The first-order chi connectivity index (χ1) is 21.7. The van der Waals surface area contributed by atoms with Crippen LogP contribution in [0.3, 0.4) is 0 Å². The Morgan fingerprint density at radius 3 is 1.47 bits per heavy atom. The molecular formula is C41H46FeO3+2. The zero-order valence-electron chi connectivity index (χ0n) is 26.5. The first-order valence-corrected chi connectivity index (χ1v) is 16.3. The molecule has 5 rings (SSSR count). The van der Waals surface area contributed by atoms with Gasteiger partial charge in [0.05, 0.1) is 12.2 Å². The minimum atomic E-state index is -0.360. The van der Waals surface area contributed by atoms with E-state index in [0.717, 1.165) is 41.4 Å². The molecule has 2 fully saturated rings. The van der Waals surface area contributed by atoms with E-state index >= 15 is 0 Å². The second kappa shape index (κ2) is 22.1. The fourth-order valence-electron chi connectivity index (χ4n) is 5.09. The average Bonchev–Trinajstić information content (AvgIpc) is 3.83. The Morgan fingerprint density at radius 2 is 0.956 bits per heavy atom. The van der Waals surface area contributed by atoms with Gasteiger partial charge in [0.15, 0.2) is 0 Å². The van der Waals surface area contributed by atoms with Crippen LogP contribution in [0, 0.1) is 63.7 Å². The predicted octanol–water partition coefficient (Wildman–Crippen LogP) is 10.6. The predicted molar refractivity (Wildman–Crippen MR) is 182 cm³/mol. The maximum Gasteiger partial charge on any atom is 2.00 e. The molecule has 0 spiro atoms. The second-order valence-corrected chi connectivity index (χ2v) is 11.2. The van der Waals surface area contributed by atoms with E-state index in [9.17, 15) is 4.79 Å². The minimum absolute atomic E-state index is 0. The van der Waals surface area contributed by atoms with E-state index < -0.39 is 0 Å². The van der Waals surface area contributed by atoms with Crippen LogP contribution < -0.4 is 9.47 Å². The van der Waals surface area contributed by atoms with Crippen LogP contribution in [0.5, 0.6) is 11.5 Å². The smallest absolute Gasteiger partial charge is 0.494 e. The SMILES string of the molecule is CCCCCCCCCCCCOc1ccc(-c2ccc(OC(=O)c3ccc([C]4[CH][CH][CH][CH]4)cc3)cc2)cc1.[CH]1[CH][CH][CH][CH]1.[Fe+2]. The summed E-state index contributed by atoms with van der Waals surface area (Å²) in [6.07, 6.45) is 31.4. The van der Waals surface area contributed by atoms with Crippen LogP contribution in [-0.2, 0) is 17.1 Å². The van der Waals surface area contributed by atoms with E-state index in [1.54, 1.807) is 12.1 Å². The molecule has 2 saturated carbocycles. The molecule has 0 heterocycles. The third-order valence-corrected chi connectivity index (χ3v) is 7.69. The fourth-order valence-corrected chi connectivity index (χ4v) is 5.09. The average molecular weight is 643 g/mol. The number of ether oxygens (including phenoxy) is 2. The van der Waals surface area contributed by atoms with Gasteiger partial charge in [-0.05, 0) is 117 Å². The quantitative estimate of drug-likeness (QED) is 0.0675. The number of hydrogen-bond donors (Lipinski definition) is 0. The Morgan fingerprint density at radius 1 is 0.511 bits per heavy atom. The molecule has 0 bridgehead atoms. The van der Waals surface area contributed by atoms with Gasteiger partial charge < -0.3 is 9.47 Å². The molecule has 0 unspecified atom stereocenters. The third kappa shape index (κ3) is 13.8. The normalized spacial score (nSPS) is 14.3. The zero-order valence-corrected chi connectivity index (χ0v) is 27.6. The van der Waals surface area contributed by atoms with Crippen molar-refractivity contribution in [2.45, 2.75) is 71.1 Å². The van der Waals surface area contributed by atoms with Gasteiger partial charge in [0, 0.05) is 5.92 Å². The molecule has 234 valence electrons. The summed E-state index contributed by atoms with van der Waals surface area (Å²) in [5.74, 6) is 2.21. The first-order valence-electron chi connectivity index (χ1n) is 16.3. The summed E-state index contributed by atoms with van der Waals surface area (Å²) in [4.78, 5) is 12.6. The van der Waals surface area contributed by atoms with Gasteiger partial charge in [-0.15, -0.1) is 0 Å². The summed E-state index contributed by atoms with van der Waals surface area (Å²) in [6.45, 7) is 3.04. The van der Waals surface area contributed by atoms with Crippen molar-refractivity contribution in [3.8, 4) is 22.6 Å². The number of unbranched alkanes of at least 4 members (excludes halogenated alkanes) is 9. The molecule has 10 radical (unpaired) electrons. The van der Waals surface area contributed by atoms with Gasteiger partial charge in [0.1, 0.15) is 11.5 Å². The van der Waals surface area contributed by atoms with E-state index in [0.29, 0.717) is 11.3 Å². The van der Waals surface area contributed by atoms with E-state index in [2.05, 4.69) is 31.9 Å². The van der Waals surface area contributed by atoms with Crippen molar-refractivity contribution in [1.29, 1.82) is 0 Å². The van der Waals surface area contributed by atoms with Crippen molar-refractivity contribution < 1.29 is 31.3 Å². The molecule has 0 aliphatic heterocycles. The molecule has 0 amide bonds. The van der Waals surface area contributed by atoms with Crippen molar-refractivity contribution in [2.75, 3.05) is 6.61 Å². The Hall–Kier alpha value is -2.55. The van der Waals surface area contributed by atoms with Gasteiger partial charge >= 0.3 is 23.0 Å². The topological polar surface area (TPSA) is 35.5 Å². The standard InChI is InChI=1S/C36H41O3.C5H5.Fe/c1-2-3-4-5-6-7-8-9-10-13-28-38-34-24-20-31(21-25-34)32-22-26-35(27-23-32)39-36(37)33-18-16-30(17-19-33)29-14-11-12-15-29;1-2-4-5-3-1;/h11-12,14-27H,2-10,13,28H2,1H3;1-5H;/q;;+2. The molecule has 0 aromatic heterocycles. The number of carbonyl (C=O) groups is 1. The summed E-state index contributed by atoms with van der Waals surface area (Å²) in [5.41, 5.74) is 3.77. The summed E-state index contributed by atoms with van der Waals surface area (Å²) in [6, 6.07) is 23.3. The van der Waals surface area contributed by atoms with Gasteiger partial charge in [-0.2, -0.15) is 0 Å². The number of hydrogen-bond acceptors (Lipinski definition) is 3. The van der Waals surface area contributed by atoms with Gasteiger partial charge in [-0.1, -0.05) is 101 Å². The molecule has 2 aliphatic rings. The maximum atomic E-state index is 12.6. The van der Waals surface area contributed by atoms with Crippen molar-refractivity contribution >= 4 is 5.97 Å². The molecule has 3 nitrogen and oxygen atoms in total. The molecule has 0 N–H and O–H groups in total.